The van der Waals surface area contributed by atoms with E-state index in [1.165, 1.54) is 22.7 Å². The molecule has 8 aromatic rings. The first-order valence-corrected chi connectivity index (χ1v) is 41.0. The van der Waals surface area contributed by atoms with Gasteiger partial charge in [0.1, 0.15) is 13.2 Å². The maximum absolute atomic E-state index is 14.6. The molecule has 25 heteroatoms. The van der Waals surface area contributed by atoms with E-state index in [4.69, 9.17) is 24.2 Å². The number of nitrogens with zero attached hydrogens (tertiary/aromatic N) is 10. The summed E-state index contributed by atoms with van der Waals surface area (Å²) in [6, 6.07) is 39.2. The second-order valence-electron chi connectivity index (χ2n) is 29.4. The van der Waals surface area contributed by atoms with Gasteiger partial charge in [-0.15, -0.1) is 45.3 Å². The van der Waals surface area contributed by atoms with Crippen molar-refractivity contribution in [2.45, 2.75) is 179 Å². The molecule has 3 aliphatic heterocycles. The molecule has 0 unspecified atom stereocenters. The fourth-order valence-electron chi connectivity index (χ4n) is 14.3. The van der Waals surface area contributed by atoms with E-state index in [0.29, 0.717) is 115 Å². The zero-order chi connectivity index (χ0) is 75.6. The predicted molar refractivity (Wildman–Crippen MR) is 424 cm³/mol. The number of rotatable bonds is 34. The molecule has 21 nitrogen and oxygen atoms in total. The smallest absolute Gasteiger partial charge is 0.407 e. The Morgan fingerprint density at radius 1 is 0.523 bits per heavy atom. The molecule has 7 heterocycles. The Hall–Kier alpha value is -8.30. The number of amides is 6. The van der Waals surface area contributed by atoms with Crippen LogP contribution >= 0.6 is 45.3 Å². The van der Waals surface area contributed by atoms with Gasteiger partial charge in [-0.3, -0.25) is 24.5 Å². The Bertz CT molecular complexity index is 4000. The molecule has 107 heavy (non-hydrogen) atoms. The van der Waals surface area contributed by atoms with Crippen LogP contribution in [0.25, 0.3) is 0 Å². The molecule has 8 atom stereocenters. The predicted octanol–water partition coefficient (Wildman–Crippen LogP) is 14.6. The normalized spacial score (nSPS) is 17.8. The summed E-state index contributed by atoms with van der Waals surface area (Å²) in [5, 5.41) is 12.4. The number of ketones is 2. The van der Waals surface area contributed by atoms with Crippen molar-refractivity contribution in [1.82, 2.24) is 60.0 Å². The third-order valence-electron chi connectivity index (χ3n) is 20.2. The summed E-state index contributed by atoms with van der Waals surface area (Å²) in [7, 11) is 7.61. The molecule has 0 spiro atoms. The van der Waals surface area contributed by atoms with Crippen LogP contribution in [0.4, 0.5) is 19.2 Å². The number of thiazole rings is 4. The van der Waals surface area contributed by atoms with Gasteiger partial charge in [0.2, 0.25) is 0 Å². The lowest BCUT2D eigenvalue weighted by Gasteiger charge is -2.32. The zero-order valence-electron chi connectivity index (χ0n) is 63.1. The Kier molecular flexibility index (Phi) is 31.4. The van der Waals surface area contributed by atoms with Gasteiger partial charge in [-0.1, -0.05) is 149 Å². The maximum atomic E-state index is 14.6. The number of carbonyl (C=O) groups excluding carboxylic acids is 6. The van der Waals surface area contributed by atoms with Crippen LogP contribution in [0.15, 0.2) is 156 Å². The van der Waals surface area contributed by atoms with E-state index in [2.05, 4.69) is 107 Å². The van der Waals surface area contributed by atoms with E-state index in [1.807, 2.05) is 103 Å². The van der Waals surface area contributed by atoms with Crippen LogP contribution in [0.2, 0.25) is 0 Å². The molecule has 6 amide bonds. The molecule has 4 aromatic heterocycles. The van der Waals surface area contributed by atoms with Crippen molar-refractivity contribution in [3.05, 3.63) is 209 Å². The highest BCUT2D eigenvalue weighted by Crippen LogP contribution is 2.33. The van der Waals surface area contributed by atoms with Gasteiger partial charge < -0.3 is 49.3 Å². The highest BCUT2D eigenvalue weighted by atomic mass is 32.1. The van der Waals surface area contributed by atoms with Crippen molar-refractivity contribution >= 4 is 81.2 Å². The summed E-state index contributed by atoms with van der Waals surface area (Å²) < 4.78 is 16.7. The van der Waals surface area contributed by atoms with Crippen molar-refractivity contribution in [2.24, 2.45) is 11.8 Å². The number of aromatic nitrogens is 4. The van der Waals surface area contributed by atoms with Crippen LogP contribution in [0.3, 0.4) is 0 Å². The third kappa shape index (κ3) is 25.4. The van der Waals surface area contributed by atoms with Crippen LogP contribution in [-0.4, -0.2) is 189 Å². The maximum Gasteiger partial charge on any atom is 0.407 e. The average molecular weight is 1530 g/mol. The molecule has 11 rings (SSSR count). The fraction of sp³-hybridized carbons (Fsp3) is 0.488. The van der Waals surface area contributed by atoms with Crippen LogP contribution in [-0.2, 0) is 75.8 Å². The zero-order valence-corrected chi connectivity index (χ0v) is 66.4. The van der Waals surface area contributed by atoms with Crippen LogP contribution in [0.5, 0.6) is 0 Å². The van der Waals surface area contributed by atoms with Crippen LogP contribution < -0.4 is 10.6 Å². The second kappa shape index (κ2) is 41.3. The summed E-state index contributed by atoms with van der Waals surface area (Å²) in [4.78, 5) is 114. The standard InChI is InChI=1S/C42H54N6O5S2.C40H52N6O4S2/c1-30(2)40-44-35(28-54-40)25-46(3)42(51)48-26-36(47-16-18-52-19-17-47)23-38(48)39(49)22-33(20-31-10-6-4-7-11-31)14-15-34(21-32-12-8-5-9-13-32)45-41(50)53-27-37-24-43-29-55-37;1-28(2)38-42-33(26-51-38)23-45(5)40(49)46-24-34(44(3)4)21-36(46)37(47)20-31(18-29-12-8-6-9-13-29)16-17-32(19-30-14-10-7-11-15-30)43-39(48)50-25-35-22-41-27-52-35/h4-13,24,28-30,33-34,36,38H,14-23,25-27H2,1-3H3,(H,45,50);6-15,22,26-28,31-32,34,36H,16-21,23-25H2,1-5H3,(H,43,48)/t33-,34-,36+,38+;31-,32-,34+,36+/m11/s1. The number of likely N-dealkylation sites (N-methyl/N-ethyl adjacent to an activating group) is 1. The Balaban J connectivity index is 0.000000229. The molecule has 2 N–H and O–H groups in total. The third-order valence-corrected chi connectivity index (χ3v) is 24.1. The number of carbonyl (C=O) groups is 6. The molecule has 572 valence electrons. The minimum absolute atomic E-state index is 0.00441. The molecule has 3 fully saturated rings. The number of hydrogen-bond donors (Lipinski definition) is 2. The van der Waals surface area contributed by atoms with E-state index in [0.717, 1.165) is 79.3 Å². The van der Waals surface area contributed by atoms with Crippen molar-refractivity contribution in [1.29, 1.82) is 0 Å². The number of benzene rings is 4. The van der Waals surface area contributed by atoms with E-state index >= 15 is 0 Å². The summed E-state index contributed by atoms with van der Waals surface area (Å²) in [5.74, 6) is 0.846. The molecule has 0 bridgehead atoms. The number of alkyl carbamates (subject to hydrolysis) is 2. The summed E-state index contributed by atoms with van der Waals surface area (Å²) >= 11 is 6.13. The molecule has 3 aliphatic rings. The van der Waals surface area contributed by atoms with Crippen LogP contribution in [0, 0.1) is 11.8 Å². The molecule has 4 aromatic carbocycles. The van der Waals surface area contributed by atoms with Gasteiger partial charge in [-0.2, -0.15) is 0 Å². The SMILES string of the molecule is CC(C)c1nc(CN(C)C(=O)N2C[C@@H](N(C)C)C[C@H]2C(=O)C[C@H](CC[C@H](Cc2ccccc2)NC(=O)OCc2cncs2)Cc2ccccc2)cs1.CC(C)c1nc(CN(C)C(=O)N2C[C@@H](N3CCOCC3)C[C@H]2C(=O)C[C@H](CC[C@H](Cc2ccccc2)NC(=O)OCc2cncs2)Cc2ccccc2)cs1. The largest absolute Gasteiger partial charge is 0.444 e. The average Bonchev–Trinajstić information content (AvgIpc) is 1.67. The van der Waals surface area contributed by atoms with E-state index in [1.54, 1.807) is 74.9 Å². The lowest BCUT2D eigenvalue weighted by atomic mass is 9.86. The highest BCUT2D eigenvalue weighted by Gasteiger charge is 2.45. The van der Waals surface area contributed by atoms with E-state index in [9.17, 15) is 28.8 Å². The molecule has 0 saturated carbocycles. The van der Waals surface area contributed by atoms with E-state index in [-0.39, 0.29) is 72.8 Å². The number of morpholine rings is 1. The first-order valence-electron chi connectivity index (χ1n) is 37.5. The number of nitrogens with one attached hydrogen (secondary N) is 2. The van der Waals surface area contributed by atoms with Crippen molar-refractivity contribution in [3.63, 3.8) is 0 Å². The molecular formula is C82H106N12O9S4. The molecule has 3 saturated heterocycles. The number of urea groups is 2. The lowest BCUT2D eigenvalue weighted by molar-refractivity contribution is -0.124. The van der Waals surface area contributed by atoms with Gasteiger partial charge in [-0.25, -0.2) is 29.1 Å². The topological polar surface area (TPSA) is 225 Å². The first kappa shape index (κ1) is 81.2. The van der Waals surface area contributed by atoms with Gasteiger partial charge in [0.05, 0.1) is 80.6 Å². The van der Waals surface area contributed by atoms with Crippen molar-refractivity contribution in [3.8, 4) is 0 Å². The van der Waals surface area contributed by atoms with Gasteiger partial charge in [-0.05, 0) is 112 Å². The number of ether oxygens (including phenoxy) is 3. The monoisotopic (exact) mass is 1530 g/mol. The molecular weight excluding hydrogens is 1430 g/mol. The number of Topliss-reactive ketones (excluding diaryl/α,β-unsaturated/α-hetero) is 2. The van der Waals surface area contributed by atoms with Crippen LogP contribution in [0.1, 0.15) is 144 Å². The summed E-state index contributed by atoms with van der Waals surface area (Å²) in [5.41, 5.74) is 9.71. The van der Waals surface area contributed by atoms with Crippen molar-refractivity contribution < 1.29 is 43.0 Å². The van der Waals surface area contributed by atoms with Gasteiger partial charge in [0.15, 0.2) is 11.6 Å². The summed E-state index contributed by atoms with van der Waals surface area (Å²) in [6.07, 6.45) is 9.81. The Labute approximate surface area is 647 Å². The Morgan fingerprint density at radius 2 is 0.925 bits per heavy atom. The van der Waals surface area contributed by atoms with Gasteiger partial charge >= 0.3 is 24.2 Å². The van der Waals surface area contributed by atoms with Gasteiger partial charge in [0.25, 0.3) is 0 Å². The minimum Gasteiger partial charge on any atom is -0.444 e. The second-order valence-corrected chi connectivity index (χ2v) is 33.1. The molecule has 0 radical (unpaired) electrons. The first-order chi connectivity index (χ1) is 51.8. The molecule has 0 aliphatic carbocycles. The highest BCUT2D eigenvalue weighted by molar-refractivity contribution is 7.10. The number of hydrogen-bond acceptors (Lipinski definition) is 19. The minimum atomic E-state index is -0.525. The Morgan fingerprint density at radius 3 is 1.31 bits per heavy atom. The van der Waals surface area contributed by atoms with E-state index < -0.39 is 24.3 Å². The van der Waals surface area contributed by atoms with Crippen molar-refractivity contribution in [2.75, 3.05) is 67.6 Å². The fourth-order valence-corrected chi connectivity index (χ4v) is 17.0. The number of likely N-dealkylation sites (tertiary alicyclic amines) is 2. The quantitative estimate of drug-likeness (QED) is 0.0382. The lowest BCUT2D eigenvalue weighted by Crippen LogP contribution is -2.48. The summed E-state index contributed by atoms with van der Waals surface area (Å²) in [6.45, 7) is 13.5. The van der Waals surface area contributed by atoms with Gasteiger partial charge in [0, 0.05) is 112 Å².